The molecule has 0 unspecified atom stereocenters. The zero-order valence-corrected chi connectivity index (χ0v) is 10.1. The van der Waals surface area contributed by atoms with Crippen LogP contribution in [0.5, 0.6) is 11.5 Å². The smallest absolute Gasteiger partial charge is 0.161 e. The van der Waals surface area contributed by atoms with Crippen molar-refractivity contribution in [2.24, 2.45) is 0 Å². The number of aromatic nitrogens is 2. The van der Waals surface area contributed by atoms with Crippen molar-refractivity contribution in [3.63, 3.8) is 0 Å². The van der Waals surface area contributed by atoms with Crippen LogP contribution in [0.15, 0.2) is 36.8 Å². The fourth-order valence-electron chi connectivity index (χ4n) is 1.64. The molecule has 0 bridgehead atoms. The van der Waals surface area contributed by atoms with Crippen molar-refractivity contribution in [1.82, 2.24) is 9.55 Å². The number of nitrogens with zero attached hydrogens (tertiary/aromatic N) is 2. The van der Waals surface area contributed by atoms with E-state index in [1.165, 1.54) is 0 Å². The molecule has 90 valence electrons. The van der Waals surface area contributed by atoms with Crippen LogP contribution in [0.4, 0.5) is 0 Å². The van der Waals surface area contributed by atoms with Gasteiger partial charge in [-0.25, -0.2) is 4.98 Å². The molecule has 1 heterocycles. The van der Waals surface area contributed by atoms with Crippen molar-refractivity contribution in [2.75, 3.05) is 7.11 Å². The molecule has 1 aromatic heterocycles. The summed E-state index contributed by atoms with van der Waals surface area (Å²) in [6.45, 7) is 3.47. The van der Waals surface area contributed by atoms with Crippen LogP contribution in [0.2, 0.25) is 0 Å². The number of rotatable bonds is 5. The molecule has 0 amide bonds. The summed E-state index contributed by atoms with van der Waals surface area (Å²) in [6, 6.07) is 7.62. The first-order valence-corrected chi connectivity index (χ1v) is 5.60. The Kier molecular flexibility index (Phi) is 3.65. The quantitative estimate of drug-likeness (QED) is 0.794. The summed E-state index contributed by atoms with van der Waals surface area (Å²) in [5.41, 5.74) is 1.05. The number of ether oxygens (including phenoxy) is 2. The molecule has 0 N–H and O–H groups in total. The lowest BCUT2D eigenvalue weighted by atomic mass is 10.3. The molecule has 17 heavy (non-hydrogen) atoms. The van der Waals surface area contributed by atoms with Gasteiger partial charge in [-0.3, -0.25) is 0 Å². The second-order valence-corrected chi connectivity index (χ2v) is 3.61. The first kappa shape index (κ1) is 11.5. The number of imidazole rings is 1. The van der Waals surface area contributed by atoms with E-state index in [2.05, 4.69) is 16.5 Å². The van der Waals surface area contributed by atoms with Gasteiger partial charge in [-0.1, -0.05) is 12.1 Å². The molecule has 0 radical (unpaired) electrons. The van der Waals surface area contributed by atoms with Crippen molar-refractivity contribution in [2.45, 2.75) is 20.1 Å². The summed E-state index contributed by atoms with van der Waals surface area (Å²) >= 11 is 0. The highest BCUT2D eigenvalue weighted by atomic mass is 16.5. The van der Waals surface area contributed by atoms with Crippen LogP contribution in [-0.4, -0.2) is 16.7 Å². The SMILES string of the molecule is CCn1cncc1COc1ccccc1OC. The Bertz CT molecular complexity index is 480. The maximum absolute atomic E-state index is 5.73. The van der Waals surface area contributed by atoms with E-state index in [-0.39, 0.29) is 0 Å². The van der Waals surface area contributed by atoms with Gasteiger partial charge in [0.25, 0.3) is 0 Å². The topological polar surface area (TPSA) is 36.3 Å². The first-order valence-electron chi connectivity index (χ1n) is 5.60. The lowest BCUT2D eigenvalue weighted by molar-refractivity contribution is 0.276. The third-order valence-electron chi connectivity index (χ3n) is 2.58. The van der Waals surface area contributed by atoms with E-state index < -0.39 is 0 Å². The highest BCUT2D eigenvalue weighted by Crippen LogP contribution is 2.26. The Hall–Kier alpha value is -1.97. The predicted molar refractivity (Wildman–Crippen MR) is 65.2 cm³/mol. The van der Waals surface area contributed by atoms with E-state index in [0.29, 0.717) is 6.61 Å². The largest absolute Gasteiger partial charge is 0.493 e. The first-order chi connectivity index (χ1) is 8.35. The van der Waals surface area contributed by atoms with Crippen LogP contribution >= 0.6 is 0 Å². The van der Waals surface area contributed by atoms with Gasteiger partial charge in [0.15, 0.2) is 11.5 Å². The summed E-state index contributed by atoms with van der Waals surface area (Å²) in [7, 11) is 1.64. The van der Waals surface area contributed by atoms with Crippen LogP contribution in [-0.2, 0) is 13.2 Å². The summed E-state index contributed by atoms with van der Waals surface area (Å²) in [4.78, 5) is 4.10. The normalized spacial score (nSPS) is 10.2. The van der Waals surface area contributed by atoms with Gasteiger partial charge in [-0.2, -0.15) is 0 Å². The van der Waals surface area contributed by atoms with Crippen molar-refractivity contribution >= 4 is 0 Å². The van der Waals surface area contributed by atoms with E-state index in [9.17, 15) is 0 Å². The summed E-state index contributed by atoms with van der Waals surface area (Å²) in [6.07, 6.45) is 3.62. The fraction of sp³-hybridized carbons (Fsp3) is 0.308. The summed E-state index contributed by atoms with van der Waals surface area (Å²) < 4.78 is 13.0. The van der Waals surface area contributed by atoms with Gasteiger partial charge in [-0.05, 0) is 19.1 Å². The van der Waals surface area contributed by atoms with Gasteiger partial charge in [0.05, 0.1) is 25.3 Å². The third-order valence-corrected chi connectivity index (χ3v) is 2.58. The van der Waals surface area contributed by atoms with Crippen molar-refractivity contribution in [1.29, 1.82) is 0 Å². The lowest BCUT2D eigenvalue weighted by Gasteiger charge is -2.11. The Labute approximate surface area is 101 Å². The van der Waals surface area contributed by atoms with Crippen LogP contribution in [0.25, 0.3) is 0 Å². The average Bonchev–Trinajstić information content (AvgIpc) is 2.84. The van der Waals surface area contributed by atoms with Gasteiger partial charge in [-0.15, -0.1) is 0 Å². The van der Waals surface area contributed by atoms with Crippen molar-refractivity contribution in [3.8, 4) is 11.5 Å². The lowest BCUT2D eigenvalue weighted by Crippen LogP contribution is -2.04. The molecule has 0 saturated carbocycles. The van der Waals surface area contributed by atoms with Gasteiger partial charge in [0.1, 0.15) is 6.61 Å². The molecular weight excluding hydrogens is 216 g/mol. The van der Waals surface area contributed by atoms with Crippen LogP contribution in [0.1, 0.15) is 12.6 Å². The molecule has 0 fully saturated rings. The molecule has 2 aromatic rings. The molecular formula is C13H16N2O2. The maximum atomic E-state index is 5.73. The second kappa shape index (κ2) is 5.39. The summed E-state index contributed by atoms with van der Waals surface area (Å²) in [5, 5.41) is 0. The third kappa shape index (κ3) is 2.58. The monoisotopic (exact) mass is 232 g/mol. The minimum Gasteiger partial charge on any atom is -0.493 e. The molecule has 0 aliphatic heterocycles. The molecule has 0 saturated heterocycles. The van der Waals surface area contributed by atoms with Gasteiger partial charge < -0.3 is 14.0 Å². The number of methoxy groups -OCH3 is 1. The Morgan fingerprint density at radius 1 is 1.24 bits per heavy atom. The minimum atomic E-state index is 0.494. The highest BCUT2D eigenvalue weighted by molar-refractivity contribution is 5.39. The zero-order valence-electron chi connectivity index (χ0n) is 10.1. The Morgan fingerprint density at radius 3 is 2.71 bits per heavy atom. The second-order valence-electron chi connectivity index (χ2n) is 3.61. The molecule has 4 nitrogen and oxygen atoms in total. The van der Waals surface area contributed by atoms with Gasteiger partial charge in [0.2, 0.25) is 0 Å². The van der Waals surface area contributed by atoms with E-state index in [1.807, 2.05) is 30.5 Å². The van der Waals surface area contributed by atoms with E-state index in [4.69, 9.17) is 9.47 Å². The standard InChI is InChI=1S/C13H16N2O2/c1-3-15-10-14-8-11(15)9-17-13-7-5-4-6-12(13)16-2/h4-8,10H,3,9H2,1-2H3. The van der Waals surface area contributed by atoms with Crippen LogP contribution in [0, 0.1) is 0 Å². The molecule has 0 aliphatic rings. The predicted octanol–water partition coefficient (Wildman–Crippen LogP) is 2.49. The van der Waals surface area contributed by atoms with E-state index in [0.717, 1.165) is 23.7 Å². The zero-order chi connectivity index (χ0) is 12.1. The number of aryl methyl sites for hydroxylation is 1. The van der Waals surface area contributed by atoms with Gasteiger partial charge in [0, 0.05) is 6.54 Å². The molecule has 0 aliphatic carbocycles. The van der Waals surface area contributed by atoms with E-state index >= 15 is 0 Å². The van der Waals surface area contributed by atoms with Crippen molar-refractivity contribution < 1.29 is 9.47 Å². The number of hydrogen-bond acceptors (Lipinski definition) is 3. The fourth-order valence-corrected chi connectivity index (χ4v) is 1.64. The molecule has 4 heteroatoms. The molecule has 1 aromatic carbocycles. The average molecular weight is 232 g/mol. The number of benzene rings is 1. The number of hydrogen-bond donors (Lipinski definition) is 0. The number of para-hydroxylation sites is 2. The molecule has 0 spiro atoms. The minimum absolute atomic E-state index is 0.494. The molecule has 2 rings (SSSR count). The van der Waals surface area contributed by atoms with Gasteiger partial charge >= 0.3 is 0 Å². The maximum Gasteiger partial charge on any atom is 0.161 e. The highest BCUT2D eigenvalue weighted by Gasteiger charge is 2.05. The van der Waals surface area contributed by atoms with Crippen LogP contribution in [0.3, 0.4) is 0 Å². The van der Waals surface area contributed by atoms with Crippen LogP contribution < -0.4 is 9.47 Å². The molecule has 0 atom stereocenters. The summed E-state index contributed by atoms with van der Waals surface area (Å²) in [5.74, 6) is 1.49. The Balaban J connectivity index is 2.07. The Morgan fingerprint density at radius 2 is 2.00 bits per heavy atom. The van der Waals surface area contributed by atoms with Crippen molar-refractivity contribution in [3.05, 3.63) is 42.5 Å². The van der Waals surface area contributed by atoms with E-state index in [1.54, 1.807) is 13.4 Å².